The van der Waals surface area contributed by atoms with Crippen LogP contribution in [0.25, 0.3) is 0 Å². The van der Waals surface area contributed by atoms with E-state index in [0.29, 0.717) is 12.3 Å². The minimum absolute atomic E-state index is 0.0367. The summed E-state index contributed by atoms with van der Waals surface area (Å²) in [6.07, 6.45) is 2.90. The van der Waals surface area contributed by atoms with Crippen LogP contribution >= 0.6 is 0 Å². The lowest BCUT2D eigenvalue weighted by Crippen LogP contribution is -2.34. The smallest absolute Gasteiger partial charge is 0.220 e. The first-order valence-electron chi connectivity index (χ1n) is 7.70. The van der Waals surface area contributed by atoms with E-state index in [-0.39, 0.29) is 11.9 Å². The fraction of sp³-hybridized carbons (Fsp3) is 0.588. The van der Waals surface area contributed by atoms with Crippen molar-refractivity contribution in [3.8, 4) is 5.75 Å². The van der Waals surface area contributed by atoms with Gasteiger partial charge in [0.05, 0.1) is 13.2 Å². The average Bonchev–Trinajstić information content (AvgIpc) is 2.49. The van der Waals surface area contributed by atoms with Crippen LogP contribution in [0.4, 0.5) is 0 Å². The summed E-state index contributed by atoms with van der Waals surface area (Å²) >= 11 is 0. The quantitative estimate of drug-likeness (QED) is 0.906. The molecular weight excluding hydrogens is 264 g/mol. The first kappa shape index (κ1) is 15.8. The molecule has 1 aromatic rings. The van der Waals surface area contributed by atoms with Gasteiger partial charge in [-0.3, -0.25) is 4.79 Å². The summed E-state index contributed by atoms with van der Waals surface area (Å²) in [5.41, 5.74) is 1.10. The number of likely N-dealkylation sites (tertiary alicyclic amines) is 1. The Bertz CT molecular complexity index is 450. The van der Waals surface area contributed by atoms with Gasteiger partial charge in [0, 0.05) is 6.42 Å². The number of methoxy groups -OCH3 is 1. The van der Waals surface area contributed by atoms with Crippen LogP contribution in [0.3, 0.4) is 0 Å². The molecule has 0 aliphatic carbocycles. The fourth-order valence-corrected chi connectivity index (χ4v) is 2.80. The number of ether oxygens (including phenoxy) is 1. The monoisotopic (exact) mass is 290 g/mol. The first-order chi connectivity index (χ1) is 10.1. The maximum Gasteiger partial charge on any atom is 0.220 e. The van der Waals surface area contributed by atoms with Crippen molar-refractivity contribution in [1.29, 1.82) is 0 Å². The van der Waals surface area contributed by atoms with Gasteiger partial charge in [-0.15, -0.1) is 0 Å². The molecule has 0 aromatic heterocycles. The van der Waals surface area contributed by atoms with Gasteiger partial charge in [-0.2, -0.15) is 0 Å². The Hall–Kier alpha value is -1.55. The predicted octanol–water partition coefficient (Wildman–Crippen LogP) is 2.60. The SMILES string of the molecule is COc1ccc([C@@H](C)NC(=O)CC2CCN(C)CC2)cc1. The Balaban J connectivity index is 1.81. The Kier molecular flexibility index (Phi) is 5.62. The number of carbonyl (C=O) groups excluding carboxylic acids is 1. The van der Waals surface area contributed by atoms with Crippen LogP contribution < -0.4 is 10.1 Å². The normalized spacial score (nSPS) is 18.2. The minimum Gasteiger partial charge on any atom is -0.497 e. The molecule has 1 atom stereocenters. The van der Waals surface area contributed by atoms with Crippen LogP contribution in [0.5, 0.6) is 5.75 Å². The highest BCUT2D eigenvalue weighted by molar-refractivity contribution is 5.76. The number of amides is 1. The van der Waals surface area contributed by atoms with Gasteiger partial charge in [-0.1, -0.05) is 12.1 Å². The second-order valence-electron chi connectivity index (χ2n) is 6.01. The maximum absolute atomic E-state index is 12.2. The third kappa shape index (κ3) is 4.74. The van der Waals surface area contributed by atoms with Gasteiger partial charge < -0.3 is 15.0 Å². The average molecular weight is 290 g/mol. The van der Waals surface area contributed by atoms with Crippen molar-refractivity contribution in [2.24, 2.45) is 5.92 Å². The number of hydrogen-bond acceptors (Lipinski definition) is 3. The van der Waals surface area contributed by atoms with Crippen LogP contribution in [-0.2, 0) is 4.79 Å². The highest BCUT2D eigenvalue weighted by Gasteiger charge is 2.20. The zero-order chi connectivity index (χ0) is 15.2. The van der Waals surface area contributed by atoms with E-state index in [1.807, 2.05) is 31.2 Å². The van der Waals surface area contributed by atoms with E-state index in [4.69, 9.17) is 4.74 Å². The molecule has 1 N–H and O–H groups in total. The zero-order valence-electron chi connectivity index (χ0n) is 13.3. The van der Waals surface area contributed by atoms with Crippen LogP contribution in [0.15, 0.2) is 24.3 Å². The maximum atomic E-state index is 12.2. The molecule has 1 aliphatic heterocycles. The van der Waals surface area contributed by atoms with Crippen LogP contribution in [0.2, 0.25) is 0 Å². The molecular formula is C17H26N2O2. The molecule has 4 nitrogen and oxygen atoms in total. The Morgan fingerprint density at radius 1 is 1.33 bits per heavy atom. The summed E-state index contributed by atoms with van der Waals surface area (Å²) in [6, 6.07) is 7.89. The molecule has 1 amide bonds. The number of carbonyl (C=O) groups is 1. The predicted molar refractivity (Wildman–Crippen MR) is 84.4 cm³/mol. The third-order valence-electron chi connectivity index (χ3n) is 4.31. The van der Waals surface area contributed by atoms with Crippen molar-refractivity contribution in [3.05, 3.63) is 29.8 Å². The van der Waals surface area contributed by atoms with E-state index in [9.17, 15) is 4.79 Å². The zero-order valence-corrected chi connectivity index (χ0v) is 13.3. The Morgan fingerprint density at radius 3 is 2.52 bits per heavy atom. The van der Waals surface area contributed by atoms with Gasteiger partial charge >= 0.3 is 0 Å². The lowest BCUT2D eigenvalue weighted by Gasteiger charge is -2.28. The van der Waals surface area contributed by atoms with Crippen molar-refractivity contribution in [3.63, 3.8) is 0 Å². The molecule has 0 bridgehead atoms. The largest absolute Gasteiger partial charge is 0.497 e. The molecule has 1 saturated heterocycles. The standard InChI is InChI=1S/C17H26N2O2/c1-13(15-4-6-16(21-3)7-5-15)18-17(20)12-14-8-10-19(2)11-9-14/h4-7,13-14H,8-12H2,1-3H3,(H,18,20)/t13-/m1/s1. The highest BCUT2D eigenvalue weighted by Crippen LogP contribution is 2.21. The lowest BCUT2D eigenvalue weighted by atomic mass is 9.93. The van der Waals surface area contributed by atoms with E-state index in [0.717, 1.165) is 37.2 Å². The topological polar surface area (TPSA) is 41.6 Å². The molecule has 1 aliphatic rings. The molecule has 2 rings (SSSR count). The summed E-state index contributed by atoms with van der Waals surface area (Å²) < 4.78 is 5.15. The number of rotatable bonds is 5. The van der Waals surface area contributed by atoms with E-state index in [2.05, 4.69) is 17.3 Å². The number of piperidine rings is 1. The minimum atomic E-state index is 0.0367. The van der Waals surface area contributed by atoms with E-state index >= 15 is 0 Å². The number of nitrogens with zero attached hydrogens (tertiary/aromatic N) is 1. The number of nitrogens with one attached hydrogen (secondary N) is 1. The van der Waals surface area contributed by atoms with Gasteiger partial charge in [-0.25, -0.2) is 0 Å². The first-order valence-corrected chi connectivity index (χ1v) is 7.70. The fourth-order valence-electron chi connectivity index (χ4n) is 2.80. The number of hydrogen-bond donors (Lipinski definition) is 1. The second-order valence-corrected chi connectivity index (χ2v) is 6.01. The third-order valence-corrected chi connectivity index (χ3v) is 4.31. The van der Waals surface area contributed by atoms with Crippen molar-refractivity contribution >= 4 is 5.91 Å². The molecule has 116 valence electrons. The van der Waals surface area contributed by atoms with Crippen molar-refractivity contribution in [2.45, 2.75) is 32.2 Å². The summed E-state index contributed by atoms with van der Waals surface area (Å²) in [5.74, 6) is 1.53. The van der Waals surface area contributed by atoms with Crippen LogP contribution in [0.1, 0.15) is 37.8 Å². The molecule has 0 saturated carbocycles. The number of benzene rings is 1. The van der Waals surface area contributed by atoms with Gasteiger partial charge in [0.15, 0.2) is 0 Å². The van der Waals surface area contributed by atoms with Gasteiger partial charge in [0.25, 0.3) is 0 Å². The molecule has 0 radical (unpaired) electrons. The molecule has 1 fully saturated rings. The molecule has 21 heavy (non-hydrogen) atoms. The highest BCUT2D eigenvalue weighted by atomic mass is 16.5. The summed E-state index contributed by atoms with van der Waals surface area (Å²) in [7, 11) is 3.80. The summed E-state index contributed by atoms with van der Waals surface area (Å²) in [5, 5.41) is 3.10. The van der Waals surface area contributed by atoms with E-state index in [1.54, 1.807) is 7.11 Å². The van der Waals surface area contributed by atoms with Crippen LogP contribution in [0, 0.1) is 5.92 Å². The summed E-state index contributed by atoms with van der Waals surface area (Å²) in [6.45, 7) is 4.23. The van der Waals surface area contributed by atoms with Crippen LogP contribution in [-0.4, -0.2) is 38.1 Å². The van der Waals surface area contributed by atoms with Gasteiger partial charge in [0.1, 0.15) is 5.75 Å². The van der Waals surface area contributed by atoms with Crippen molar-refractivity contribution in [2.75, 3.05) is 27.2 Å². The molecule has 1 aromatic carbocycles. The van der Waals surface area contributed by atoms with Crippen molar-refractivity contribution < 1.29 is 9.53 Å². The van der Waals surface area contributed by atoms with Gasteiger partial charge in [-0.05, 0) is 63.5 Å². The lowest BCUT2D eigenvalue weighted by molar-refractivity contribution is -0.123. The molecule has 1 heterocycles. The Labute approximate surface area is 127 Å². The molecule has 4 heteroatoms. The van der Waals surface area contributed by atoms with E-state index < -0.39 is 0 Å². The molecule has 0 spiro atoms. The van der Waals surface area contributed by atoms with Gasteiger partial charge in [0.2, 0.25) is 5.91 Å². The molecule has 0 unspecified atom stereocenters. The Morgan fingerprint density at radius 2 is 1.95 bits per heavy atom. The second kappa shape index (κ2) is 7.46. The summed E-state index contributed by atoms with van der Waals surface area (Å²) in [4.78, 5) is 14.5. The van der Waals surface area contributed by atoms with E-state index in [1.165, 1.54) is 0 Å². The van der Waals surface area contributed by atoms with Crippen molar-refractivity contribution in [1.82, 2.24) is 10.2 Å².